The van der Waals surface area contributed by atoms with Crippen molar-refractivity contribution in [3.05, 3.63) is 24.3 Å². The Balaban J connectivity index is 2.16. The maximum Gasteiger partial charge on any atom is 0.243 e. The number of rotatable bonds is 5. The molecule has 0 saturated carbocycles. The van der Waals surface area contributed by atoms with Crippen molar-refractivity contribution >= 4 is 17.0 Å². The van der Waals surface area contributed by atoms with Gasteiger partial charge in [0.25, 0.3) is 0 Å². The summed E-state index contributed by atoms with van der Waals surface area (Å²) in [4.78, 5) is 4.48. The van der Waals surface area contributed by atoms with Crippen molar-refractivity contribution in [1.82, 2.24) is 15.2 Å². The highest BCUT2D eigenvalue weighted by molar-refractivity contribution is 5.74. The minimum atomic E-state index is 0.364. The number of benzene rings is 1. The molecule has 0 aliphatic rings. The van der Waals surface area contributed by atoms with Crippen LogP contribution in [0.5, 0.6) is 0 Å². The summed E-state index contributed by atoms with van der Waals surface area (Å²) < 4.78 is 0. The molecule has 96 valence electrons. The molecule has 0 aliphatic carbocycles. The van der Waals surface area contributed by atoms with Crippen LogP contribution >= 0.6 is 0 Å². The van der Waals surface area contributed by atoms with Crippen molar-refractivity contribution in [1.29, 1.82) is 0 Å². The second-order valence-corrected chi connectivity index (χ2v) is 4.63. The van der Waals surface area contributed by atoms with Crippen LogP contribution in [0.15, 0.2) is 24.3 Å². The van der Waals surface area contributed by atoms with E-state index in [4.69, 9.17) is 0 Å². The zero-order valence-electron chi connectivity index (χ0n) is 11.2. The van der Waals surface area contributed by atoms with Gasteiger partial charge in [0, 0.05) is 6.04 Å². The zero-order chi connectivity index (χ0) is 13.0. The van der Waals surface area contributed by atoms with E-state index in [-0.39, 0.29) is 0 Å². The minimum Gasteiger partial charge on any atom is -0.350 e. The van der Waals surface area contributed by atoms with Gasteiger partial charge in [0.15, 0.2) is 0 Å². The van der Waals surface area contributed by atoms with Gasteiger partial charge in [-0.05, 0) is 25.0 Å². The second-order valence-electron chi connectivity index (χ2n) is 4.63. The van der Waals surface area contributed by atoms with Gasteiger partial charge in [-0.3, -0.25) is 0 Å². The molecule has 0 radical (unpaired) electrons. The van der Waals surface area contributed by atoms with Crippen molar-refractivity contribution in [2.45, 2.75) is 39.7 Å². The van der Waals surface area contributed by atoms with Crippen LogP contribution in [-0.2, 0) is 0 Å². The molecule has 18 heavy (non-hydrogen) atoms. The van der Waals surface area contributed by atoms with Crippen LogP contribution < -0.4 is 5.32 Å². The first kappa shape index (κ1) is 12.7. The fraction of sp³-hybridized carbons (Fsp3) is 0.500. The normalized spacial score (nSPS) is 12.9. The smallest absolute Gasteiger partial charge is 0.243 e. The Morgan fingerprint density at radius 3 is 2.39 bits per heavy atom. The van der Waals surface area contributed by atoms with Crippen molar-refractivity contribution < 1.29 is 0 Å². The van der Waals surface area contributed by atoms with E-state index >= 15 is 0 Å². The molecule has 0 saturated heterocycles. The first-order chi connectivity index (χ1) is 8.74. The molecular formula is C14H20N4. The molecule has 1 N–H and O–H groups in total. The number of anilines is 1. The summed E-state index contributed by atoms with van der Waals surface area (Å²) in [6, 6.07) is 8.15. The Bertz CT molecular complexity index is 508. The van der Waals surface area contributed by atoms with Crippen LogP contribution in [0.4, 0.5) is 5.95 Å². The van der Waals surface area contributed by atoms with Crippen LogP contribution in [0.2, 0.25) is 0 Å². The van der Waals surface area contributed by atoms with Crippen molar-refractivity contribution in [3.8, 4) is 0 Å². The fourth-order valence-corrected chi connectivity index (χ4v) is 2.26. The molecule has 1 aromatic heterocycles. The number of hydrogen-bond donors (Lipinski definition) is 1. The number of hydrogen-bond acceptors (Lipinski definition) is 4. The first-order valence-corrected chi connectivity index (χ1v) is 6.60. The molecule has 2 aromatic rings. The Labute approximate surface area is 108 Å². The standard InChI is InChI=1S/C14H20N4/c1-4-11(5-2)10(3)15-14-16-12-8-6-7-9-13(12)17-18-14/h6-11H,4-5H2,1-3H3,(H,15,16,18). The first-order valence-electron chi connectivity index (χ1n) is 6.60. The number of aromatic nitrogens is 3. The summed E-state index contributed by atoms with van der Waals surface area (Å²) in [5.74, 6) is 1.26. The lowest BCUT2D eigenvalue weighted by Gasteiger charge is -2.22. The van der Waals surface area contributed by atoms with Crippen LogP contribution in [0.3, 0.4) is 0 Å². The van der Waals surface area contributed by atoms with Crippen LogP contribution in [0, 0.1) is 5.92 Å². The highest BCUT2D eigenvalue weighted by Crippen LogP contribution is 2.16. The number of fused-ring (bicyclic) bond motifs is 1. The average Bonchev–Trinajstić information content (AvgIpc) is 2.40. The summed E-state index contributed by atoms with van der Waals surface area (Å²) in [6.45, 7) is 6.61. The van der Waals surface area contributed by atoms with Gasteiger partial charge in [-0.15, -0.1) is 10.2 Å². The van der Waals surface area contributed by atoms with E-state index < -0.39 is 0 Å². The largest absolute Gasteiger partial charge is 0.350 e. The highest BCUT2D eigenvalue weighted by Gasteiger charge is 2.14. The van der Waals surface area contributed by atoms with Gasteiger partial charge in [0.2, 0.25) is 5.95 Å². The van der Waals surface area contributed by atoms with Gasteiger partial charge in [0.1, 0.15) is 5.52 Å². The van der Waals surface area contributed by atoms with E-state index in [1.807, 2.05) is 24.3 Å². The Morgan fingerprint density at radius 2 is 1.72 bits per heavy atom. The molecule has 0 bridgehead atoms. The molecule has 1 heterocycles. The maximum atomic E-state index is 4.48. The number of nitrogens with zero attached hydrogens (tertiary/aromatic N) is 3. The maximum absolute atomic E-state index is 4.48. The number of nitrogens with one attached hydrogen (secondary N) is 1. The van der Waals surface area contributed by atoms with Gasteiger partial charge in [-0.25, -0.2) is 4.98 Å². The Hall–Kier alpha value is -1.71. The Morgan fingerprint density at radius 1 is 1.06 bits per heavy atom. The summed E-state index contributed by atoms with van der Waals surface area (Å²) in [5, 5.41) is 11.6. The van der Waals surface area contributed by atoms with E-state index in [0.29, 0.717) is 17.9 Å². The predicted molar refractivity (Wildman–Crippen MR) is 74.5 cm³/mol. The summed E-state index contributed by atoms with van der Waals surface area (Å²) in [7, 11) is 0. The van der Waals surface area contributed by atoms with Crippen molar-refractivity contribution in [3.63, 3.8) is 0 Å². The monoisotopic (exact) mass is 244 g/mol. The molecule has 0 aliphatic heterocycles. The molecule has 4 heteroatoms. The highest BCUT2D eigenvalue weighted by atomic mass is 15.2. The molecule has 0 spiro atoms. The number of para-hydroxylation sites is 1. The summed E-state index contributed by atoms with van der Waals surface area (Å²) in [6.07, 6.45) is 2.32. The molecule has 1 unspecified atom stereocenters. The van der Waals surface area contributed by atoms with Crippen molar-refractivity contribution in [2.75, 3.05) is 5.32 Å². The van der Waals surface area contributed by atoms with E-state index in [1.165, 1.54) is 0 Å². The minimum absolute atomic E-state index is 0.364. The van der Waals surface area contributed by atoms with Crippen LogP contribution in [0.25, 0.3) is 11.0 Å². The summed E-state index contributed by atoms with van der Waals surface area (Å²) >= 11 is 0. The van der Waals surface area contributed by atoms with E-state index in [9.17, 15) is 0 Å². The third-order valence-electron chi connectivity index (χ3n) is 3.47. The summed E-state index contributed by atoms with van der Waals surface area (Å²) in [5.41, 5.74) is 1.71. The van der Waals surface area contributed by atoms with E-state index in [2.05, 4.69) is 41.3 Å². The second kappa shape index (κ2) is 5.76. The molecule has 4 nitrogen and oxygen atoms in total. The fourth-order valence-electron chi connectivity index (χ4n) is 2.26. The molecular weight excluding hydrogens is 224 g/mol. The molecule has 1 aromatic carbocycles. The van der Waals surface area contributed by atoms with Crippen molar-refractivity contribution in [2.24, 2.45) is 5.92 Å². The predicted octanol–water partition coefficient (Wildman–Crippen LogP) is 3.26. The van der Waals surface area contributed by atoms with Gasteiger partial charge < -0.3 is 5.32 Å². The molecule has 0 fully saturated rings. The van der Waals surface area contributed by atoms with E-state index in [0.717, 1.165) is 23.9 Å². The topological polar surface area (TPSA) is 50.7 Å². The van der Waals surface area contributed by atoms with E-state index in [1.54, 1.807) is 0 Å². The van der Waals surface area contributed by atoms with Crippen LogP contribution in [-0.4, -0.2) is 21.2 Å². The lowest BCUT2D eigenvalue weighted by Crippen LogP contribution is -2.26. The van der Waals surface area contributed by atoms with Gasteiger partial charge >= 0.3 is 0 Å². The third-order valence-corrected chi connectivity index (χ3v) is 3.47. The molecule has 0 amide bonds. The quantitative estimate of drug-likeness (QED) is 0.877. The third kappa shape index (κ3) is 2.75. The lowest BCUT2D eigenvalue weighted by molar-refractivity contribution is 0.436. The van der Waals surface area contributed by atoms with Gasteiger partial charge in [0.05, 0.1) is 5.52 Å². The Kier molecular flexibility index (Phi) is 4.07. The van der Waals surface area contributed by atoms with Gasteiger partial charge in [-0.1, -0.05) is 38.8 Å². The zero-order valence-corrected chi connectivity index (χ0v) is 11.2. The molecule has 1 atom stereocenters. The van der Waals surface area contributed by atoms with Crippen LogP contribution in [0.1, 0.15) is 33.6 Å². The average molecular weight is 244 g/mol. The lowest BCUT2D eigenvalue weighted by atomic mass is 9.96. The molecule has 2 rings (SSSR count). The SMILES string of the molecule is CCC(CC)C(C)Nc1nnc2ccccc2n1. The van der Waals surface area contributed by atoms with Gasteiger partial charge in [-0.2, -0.15) is 0 Å².